The van der Waals surface area contributed by atoms with Gasteiger partial charge in [0.2, 0.25) is 0 Å². The molecule has 0 fully saturated rings. The fourth-order valence-electron chi connectivity index (χ4n) is 2.31. The number of carbonyl (C=O) groups excluding carboxylic acids is 3. The number of hydrogen-bond acceptors (Lipinski definition) is 4. The minimum Gasteiger partial charge on any atom is -0.465 e. The number of methoxy groups -OCH3 is 1. The van der Waals surface area contributed by atoms with Crippen molar-refractivity contribution in [3.8, 4) is 0 Å². The van der Waals surface area contributed by atoms with Gasteiger partial charge in [-0.15, -0.1) is 0 Å². The fourth-order valence-corrected chi connectivity index (χ4v) is 2.31. The Balaban J connectivity index is 2.28. The Morgan fingerprint density at radius 3 is 2.12 bits per heavy atom. The number of ether oxygens (including phenoxy) is 1. The molecule has 2 aromatic rings. The van der Waals surface area contributed by atoms with Crippen molar-refractivity contribution in [1.82, 2.24) is 5.32 Å². The zero-order valence-corrected chi connectivity index (χ0v) is 14.1. The zero-order valence-electron chi connectivity index (χ0n) is 14.1. The molecule has 130 valence electrons. The van der Waals surface area contributed by atoms with Crippen molar-refractivity contribution in [3.05, 3.63) is 70.5 Å². The minimum absolute atomic E-state index is 0.120. The van der Waals surface area contributed by atoms with Crippen LogP contribution in [0.3, 0.4) is 0 Å². The van der Waals surface area contributed by atoms with E-state index in [4.69, 9.17) is 0 Å². The number of nitrogens with one attached hydrogen (secondary N) is 1. The molecule has 1 N–H and O–H groups in total. The van der Waals surface area contributed by atoms with Gasteiger partial charge in [0.1, 0.15) is 5.82 Å². The van der Waals surface area contributed by atoms with Crippen molar-refractivity contribution in [3.63, 3.8) is 0 Å². The van der Waals surface area contributed by atoms with E-state index in [1.807, 2.05) is 0 Å². The summed E-state index contributed by atoms with van der Waals surface area (Å²) in [6.07, 6.45) is 0. The lowest BCUT2D eigenvalue weighted by Gasteiger charge is -2.15. The molecule has 2 aromatic carbocycles. The number of Topliss-reactive ketones (excluding diaryl/α,β-unsaturated/α-hetero) is 1. The molecule has 0 heterocycles. The molecule has 2 rings (SSSR count). The molecule has 5 nitrogen and oxygen atoms in total. The SMILES string of the molecule is COC(=O)c1cc(C(C)=O)cc(C(=O)NC(C)c2ccc(F)cc2)c1. The molecular weight excluding hydrogens is 325 g/mol. The summed E-state index contributed by atoms with van der Waals surface area (Å²) >= 11 is 0. The van der Waals surface area contributed by atoms with E-state index < -0.39 is 11.9 Å². The molecule has 25 heavy (non-hydrogen) atoms. The van der Waals surface area contributed by atoms with Crippen LogP contribution in [0.4, 0.5) is 4.39 Å². The molecule has 0 saturated heterocycles. The van der Waals surface area contributed by atoms with E-state index in [2.05, 4.69) is 10.1 Å². The van der Waals surface area contributed by atoms with Crippen molar-refractivity contribution in [1.29, 1.82) is 0 Å². The molecule has 0 saturated carbocycles. The first-order valence-corrected chi connectivity index (χ1v) is 7.62. The summed E-state index contributed by atoms with van der Waals surface area (Å²) in [5.41, 5.74) is 1.25. The summed E-state index contributed by atoms with van der Waals surface area (Å²) in [5.74, 6) is -1.72. The van der Waals surface area contributed by atoms with Crippen molar-refractivity contribution < 1.29 is 23.5 Å². The van der Waals surface area contributed by atoms with Gasteiger partial charge in [0.25, 0.3) is 5.91 Å². The number of ketones is 1. The lowest BCUT2D eigenvalue weighted by molar-refractivity contribution is 0.0600. The van der Waals surface area contributed by atoms with Gasteiger partial charge in [-0.05, 0) is 49.7 Å². The summed E-state index contributed by atoms with van der Waals surface area (Å²) in [6, 6.07) is 9.56. The normalized spacial score (nSPS) is 11.5. The highest BCUT2D eigenvalue weighted by atomic mass is 19.1. The quantitative estimate of drug-likeness (QED) is 0.668. The van der Waals surface area contributed by atoms with E-state index in [9.17, 15) is 18.8 Å². The monoisotopic (exact) mass is 343 g/mol. The van der Waals surface area contributed by atoms with Crippen LogP contribution in [0.25, 0.3) is 0 Å². The van der Waals surface area contributed by atoms with Gasteiger partial charge in [0, 0.05) is 11.1 Å². The summed E-state index contributed by atoms with van der Waals surface area (Å²) in [6.45, 7) is 3.10. The van der Waals surface area contributed by atoms with Gasteiger partial charge in [-0.2, -0.15) is 0 Å². The molecule has 0 bridgehead atoms. The second-order valence-corrected chi connectivity index (χ2v) is 5.59. The van der Waals surface area contributed by atoms with Crippen molar-refractivity contribution in [2.75, 3.05) is 7.11 Å². The zero-order chi connectivity index (χ0) is 18.6. The second kappa shape index (κ2) is 7.70. The van der Waals surface area contributed by atoms with Crippen LogP contribution in [0.5, 0.6) is 0 Å². The first-order valence-electron chi connectivity index (χ1n) is 7.62. The lowest BCUT2D eigenvalue weighted by atomic mass is 10.0. The van der Waals surface area contributed by atoms with Gasteiger partial charge in [0.15, 0.2) is 5.78 Å². The maximum atomic E-state index is 13.0. The van der Waals surface area contributed by atoms with Gasteiger partial charge in [-0.25, -0.2) is 9.18 Å². The Labute approximate surface area is 144 Å². The van der Waals surface area contributed by atoms with Crippen LogP contribution < -0.4 is 5.32 Å². The first kappa shape index (κ1) is 18.3. The molecule has 0 aliphatic carbocycles. The lowest BCUT2D eigenvalue weighted by Crippen LogP contribution is -2.27. The molecule has 0 spiro atoms. The van der Waals surface area contributed by atoms with E-state index in [1.54, 1.807) is 19.1 Å². The van der Waals surface area contributed by atoms with Gasteiger partial charge in [-0.1, -0.05) is 12.1 Å². The fraction of sp³-hybridized carbons (Fsp3) is 0.211. The van der Waals surface area contributed by atoms with Gasteiger partial charge >= 0.3 is 5.97 Å². The number of halogens is 1. The Morgan fingerprint density at radius 2 is 1.56 bits per heavy atom. The molecule has 6 heteroatoms. The van der Waals surface area contributed by atoms with Crippen molar-refractivity contribution in [2.24, 2.45) is 0 Å². The van der Waals surface area contributed by atoms with E-state index in [0.29, 0.717) is 0 Å². The van der Waals surface area contributed by atoms with Crippen LogP contribution in [-0.2, 0) is 4.74 Å². The van der Waals surface area contributed by atoms with Crippen LogP contribution >= 0.6 is 0 Å². The first-order chi connectivity index (χ1) is 11.8. The van der Waals surface area contributed by atoms with Gasteiger partial charge in [0.05, 0.1) is 18.7 Å². The number of benzene rings is 2. The summed E-state index contributed by atoms with van der Waals surface area (Å²) in [7, 11) is 1.22. The maximum Gasteiger partial charge on any atom is 0.337 e. The van der Waals surface area contributed by atoms with Crippen LogP contribution in [0, 0.1) is 5.82 Å². The molecule has 0 aromatic heterocycles. The number of amides is 1. The Kier molecular flexibility index (Phi) is 5.64. The Bertz CT molecular complexity index is 815. The minimum atomic E-state index is -0.635. The summed E-state index contributed by atoms with van der Waals surface area (Å²) in [5, 5.41) is 2.76. The topological polar surface area (TPSA) is 72.5 Å². The van der Waals surface area contributed by atoms with Crippen molar-refractivity contribution >= 4 is 17.7 Å². The van der Waals surface area contributed by atoms with Gasteiger partial charge in [-0.3, -0.25) is 9.59 Å². The van der Waals surface area contributed by atoms with E-state index in [-0.39, 0.29) is 34.3 Å². The van der Waals surface area contributed by atoms with Crippen LogP contribution in [0.1, 0.15) is 56.5 Å². The Morgan fingerprint density at radius 1 is 1.00 bits per heavy atom. The standard InChI is InChI=1S/C19H18FNO4/c1-11(13-4-6-17(20)7-5-13)21-18(23)15-8-14(12(2)22)9-16(10-15)19(24)25-3/h4-11H,1-3H3,(H,21,23). The largest absolute Gasteiger partial charge is 0.465 e. The predicted molar refractivity (Wildman–Crippen MR) is 90.1 cm³/mol. The Hall–Kier alpha value is -3.02. The third kappa shape index (κ3) is 4.50. The third-order valence-corrected chi connectivity index (χ3v) is 3.74. The van der Waals surface area contributed by atoms with E-state index in [0.717, 1.165) is 5.56 Å². The number of hydrogen-bond donors (Lipinski definition) is 1. The molecule has 1 amide bonds. The van der Waals surface area contributed by atoms with Crippen LogP contribution in [0.15, 0.2) is 42.5 Å². The molecule has 0 radical (unpaired) electrons. The highest BCUT2D eigenvalue weighted by Crippen LogP contribution is 2.16. The van der Waals surface area contributed by atoms with Crippen molar-refractivity contribution in [2.45, 2.75) is 19.9 Å². The number of carbonyl (C=O) groups is 3. The summed E-state index contributed by atoms with van der Waals surface area (Å²) in [4.78, 5) is 35.9. The van der Waals surface area contributed by atoms with E-state index >= 15 is 0 Å². The smallest absolute Gasteiger partial charge is 0.337 e. The predicted octanol–water partition coefficient (Wildman–Crippen LogP) is 3.31. The van der Waals surface area contributed by atoms with Crippen LogP contribution in [-0.4, -0.2) is 24.8 Å². The highest BCUT2D eigenvalue weighted by molar-refractivity contribution is 6.03. The third-order valence-electron chi connectivity index (χ3n) is 3.74. The highest BCUT2D eigenvalue weighted by Gasteiger charge is 2.17. The number of rotatable bonds is 5. The van der Waals surface area contributed by atoms with Crippen LogP contribution in [0.2, 0.25) is 0 Å². The van der Waals surface area contributed by atoms with E-state index in [1.165, 1.54) is 44.4 Å². The average molecular weight is 343 g/mol. The molecular formula is C19H18FNO4. The average Bonchev–Trinajstić information content (AvgIpc) is 2.60. The molecule has 1 unspecified atom stereocenters. The summed E-state index contributed by atoms with van der Waals surface area (Å²) < 4.78 is 17.6. The second-order valence-electron chi connectivity index (χ2n) is 5.59. The molecule has 0 aliphatic heterocycles. The molecule has 0 aliphatic rings. The number of esters is 1. The molecule has 1 atom stereocenters. The van der Waals surface area contributed by atoms with Gasteiger partial charge < -0.3 is 10.1 Å². The maximum absolute atomic E-state index is 13.0.